The first-order valence-corrected chi connectivity index (χ1v) is 12.6. The molecule has 0 bridgehead atoms. The Morgan fingerprint density at radius 3 is 1.49 bits per heavy atom. The number of anilines is 1. The van der Waals surface area contributed by atoms with Gasteiger partial charge in [-0.25, -0.2) is 0 Å². The van der Waals surface area contributed by atoms with Gasteiger partial charge in [0, 0.05) is 30.6 Å². The molecule has 0 fully saturated rings. The quantitative estimate of drug-likeness (QED) is 0.145. The molecular formula is C32H29N5O2. The molecule has 0 aliphatic rings. The first-order valence-electron chi connectivity index (χ1n) is 12.6. The summed E-state index contributed by atoms with van der Waals surface area (Å²) in [6.45, 7) is 2.16. The van der Waals surface area contributed by atoms with Crippen molar-refractivity contribution in [1.29, 1.82) is 0 Å². The zero-order valence-electron chi connectivity index (χ0n) is 22.2. The van der Waals surface area contributed by atoms with Crippen LogP contribution in [0, 0.1) is 6.92 Å². The molecule has 0 saturated carbocycles. The summed E-state index contributed by atoms with van der Waals surface area (Å²) in [5.41, 5.74) is 5.34. The number of rotatable bonds is 9. The molecule has 5 rings (SSSR count). The van der Waals surface area contributed by atoms with Crippen molar-refractivity contribution in [2.24, 2.45) is 20.5 Å². The van der Waals surface area contributed by atoms with E-state index in [1.54, 1.807) is 0 Å². The highest BCUT2D eigenvalue weighted by molar-refractivity contribution is 5.99. The maximum atomic E-state index is 5.68. The first kappa shape index (κ1) is 25.6. The van der Waals surface area contributed by atoms with E-state index in [-0.39, 0.29) is 6.79 Å². The molecule has 0 amide bonds. The Morgan fingerprint density at radius 2 is 1.00 bits per heavy atom. The van der Waals surface area contributed by atoms with E-state index in [0.717, 1.165) is 45.0 Å². The van der Waals surface area contributed by atoms with Gasteiger partial charge in [-0.15, -0.1) is 10.2 Å². The number of hydrogen-bond acceptors (Lipinski definition) is 7. The van der Waals surface area contributed by atoms with E-state index >= 15 is 0 Å². The van der Waals surface area contributed by atoms with E-state index < -0.39 is 0 Å². The summed E-state index contributed by atoms with van der Waals surface area (Å²) in [7, 11) is 4.02. The van der Waals surface area contributed by atoms with Crippen molar-refractivity contribution in [3.05, 3.63) is 115 Å². The summed E-state index contributed by atoms with van der Waals surface area (Å²) in [4.78, 5) is 2.05. The van der Waals surface area contributed by atoms with Gasteiger partial charge in [0.25, 0.3) is 0 Å². The van der Waals surface area contributed by atoms with Crippen LogP contribution in [0.15, 0.2) is 130 Å². The van der Waals surface area contributed by atoms with Crippen molar-refractivity contribution < 1.29 is 9.47 Å². The number of fused-ring (bicyclic) bond motifs is 1. The van der Waals surface area contributed by atoms with Crippen molar-refractivity contribution in [3.63, 3.8) is 0 Å². The highest BCUT2D eigenvalue weighted by Gasteiger charge is 2.06. The second kappa shape index (κ2) is 12.0. The van der Waals surface area contributed by atoms with E-state index in [2.05, 4.69) is 20.5 Å². The van der Waals surface area contributed by atoms with Crippen LogP contribution in [0.25, 0.3) is 10.8 Å². The Balaban J connectivity index is 1.26. The first-order chi connectivity index (χ1) is 19.0. The molecular weight excluding hydrogens is 486 g/mol. The smallest absolute Gasteiger partial charge is 0.230 e. The summed E-state index contributed by atoms with van der Waals surface area (Å²) in [6.07, 6.45) is 0. The fourth-order valence-corrected chi connectivity index (χ4v) is 3.89. The minimum absolute atomic E-state index is 0.126. The van der Waals surface area contributed by atoms with Crippen LogP contribution in [-0.4, -0.2) is 20.9 Å². The molecule has 194 valence electrons. The van der Waals surface area contributed by atoms with Gasteiger partial charge in [-0.3, -0.25) is 0 Å². The Morgan fingerprint density at radius 1 is 0.538 bits per heavy atom. The Bertz CT molecular complexity index is 1590. The molecule has 0 saturated heterocycles. The molecule has 0 atom stereocenters. The van der Waals surface area contributed by atoms with Crippen LogP contribution >= 0.6 is 0 Å². The number of azo groups is 2. The molecule has 0 unspecified atom stereocenters. The number of hydrogen-bond donors (Lipinski definition) is 0. The second-order valence-electron chi connectivity index (χ2n) is 9.17. The molecule has 5 aromatic rings. The molecule has 0 N–H and O–H groups in total. The van der Waals surface area contributed by atoms with Crippen molar-refractivity contribution in [2.45, 2.75) is 6.92 Å². The molecule has 0 aromatic heterocycles. The summed E-state index contributed by atoms with van der Waals surface area (Å²) >= 11 is 0. The highest BCUT2D eigenvalue weighted by atomic mass is 16.7. The second-order valence-corrected chi connectivity index (χ2v) is 9.17. The number of ether oxygens (including phenoxy) is 2. The van der Waals surface area contributed by atoms with Crippen molar-refractivity contribution >= 4 is 39.2 Å². The molecule has 7 heteroatoms. The Hall–Kier alpha value is -5.04. The van der Waals surface area contributed by atoms with E-state index in [1.807, 2.05) is 135 Å². The van der Waals surface area contributed by atoms with Crippen LogP contribution in [0.3, 0.4) is 0 Å². The van der Waals surface area contributed by atoms with Crippen LogP contribution in [0.2, 0.25) is 0 Å². The normalized spacial score (nSPS) is 11.4. The zero-order chi connectivity index (χ0) is 27.0. The zero-order valence-corrected chi connectivity index (χ0v) is 22.2. The van der Waals surface area contributed by atoms with Crippen LogP contribution in [-0.2, 0) is 0 Å². The molecule has 0 radical (unpaired) electrons. The van der Waals surface area contributed by atoms with Gasteiger partial charge in [-0.05, 0) is 79.7 Å². The molecule has 0 aliphatic carbocycles. The lowest BCUT2D eigenvalue weighted by atomic mass is 10.1. The SMILES string of the molecule is Cc1ccc(OCOc2ccc(N=Nc3ccc(N=Nc4ccc(N(C)C)cc4)c4ccccc34)cc2)cc1. The van der Waals surface area contributed by atoms with Gasteiger partial charge < -0.3 is 14.4 Å². The van der Waals surface area contributed by atoms with Gasteiger partial charge in [-0.1, -0.05) is 42.0 Å². The number of aryl methyl sites for hydroxylation is 1. The van der Waals surface area contributed by atoms with Gasteiger partial charge in [-0.2, -0.15) is 10.2 Å². The van der Waals surface area contributed by atoms with Gasteiger partial charge in [0.1, 0.15) is 11.5 Å². The standard InChI is InChI=1S/C32H29N5O2/c1-23-8-16-27(17-9-23)38-22-39-28-18-12-25(13-19-28)34-36-32-21-20-31(29-6-4-5-7-30(29)32)35-33-24-10-14-26(15-11-24)37(2)3/h4-21H,22H2,1-3H3. The average Bonchev–Trinajstić information content (AvgIpc) is 2.97. The fourth-order valence-electron chi connectivity index (χ4n) is 3.89. The van der Waals surface area contributed by atoms with Crippen LogP contribution in [0.5, 0.6) is 11.5 Å². The number of benzene rings is 5. The van der Waals surface area contributed by atoms with Gasteiger partial charge in [0.05, 0.1) is 22.7 Å². The molecule has 0 heterocycles. The topological polar surface area (TPSA) is 71.1 Å². The highest BCUT2D eigenvalue weighted by Crippen LogP contribution is 2.35. The minimum atomic E-state index is 0.126. The summed E-state index contributed by atoms with van der Waals surface area (Å²) < 4.78 is 11.3. The molecule has 0 spiro atoms. The maximum Gasteiger partial charge on any atom is 0.230 e. The third-order valence-electron chi connectivity index (χ3n) is 6.10. The lowest BCUT2D eigenvalue weighted by molar-refractivity contribution is 0.120. The van der Waals surface area contributed by atoms with Gasteiger partial charge in [0.2, 0.25) is 6.79 Å². The summed E-state index contributed by atoms with van der Waals surface area (Å²) in [6, 6.07) is 35.0. The number of nitrogens with zero attached hydrogens (tertiary/aromatic N) is 5. The fraction of sp³-hybridized carbons (Fsp3) is 0.125. The summed E-state index contributed by atoms with van der Waals surface area (Å²) in [5, 5.41) is 19.8. The van der Waals surface area contributed by atoms with Crippen LogP contribution in [0.4, 0.5) is 28.4 Å². The molecule has 0 aliphatic heterocycles. The summed E-state index contributed by atoms with van der Waals surface area (Å²) in [5.74, 6) is 1.46. The predicted octanol–water partition coefficient (Wildman–Crippen LogP) is 9.46. The van der Waals surface area contributed by atoms with Crippen LogP contribution in [0.1, 0.15) is 5.56 Å². The van der Waals surface area contributed by atoms with Gasteiger partial charge in [0.15, 0.2) is 0 Å². The van der Waals surface area contributed by atoms with E-state index in [0.29, 0.717) is 5.75 Å². The van der Waals surface area contributed by atoms with Crippen molar-refractivity contribution in [1.82, 2.24) is 0 Å². The molecule has 5 aromatic carbocycles. The average molecular weight is 516 g/mol. The Labute approximate surface area is 228 Å². The molecule has 39 heavy (non-hydrogen) atoms. The molecule has 7 nitrogen and oxygen atoms in total. The predicted molar refractivity (Wildman–Crippen MR) is 157 cm³/mol. The lowest BCUT2D eigenvalue weighted by Gasteiger charge is -2.11. The Kier molecular flexibility index (Phi) is 7.88. The van der Waals surface area contributed by atoms with Gasteiger partial charge >= 0.3 is 0 Å². The maximum absolute atomic E-state index is 5.68. The largest absolute Gasteiger partial charge is 0.458 e. The van der Waals surface area contributed by atoms with Crippen LogP contribution < -0.4 is 14.4 Å². The third-order valence-corrected chi connectivity index (χ3v) is 6.10. The van der Waals surface area contributed by atoms with E-state index in [1.165, 1.54) is 5.56 Å². The monoisotopic (exact) mass is 515 g/mol. The lowest BCUT2D eigenvalue weighted by Crippen LogP contribution is -2.07. The van der Waals surface area contributed by atoms with Crippen molar-refractivity contribution in [3.8, 4) is 11.5 Å². The van der Waals surface area contributed by atoms with E-state index in [9.17, 15) is 0 Å². The van der Waals surface area contributed by atoms with E-state index in [4.69, 9.17) is 9.47 Å². The minimum Gasteiger partial charge on any atom is -0.458 e. The third kappa shape index (κ3) is 6.64. The van der Waals surface area contributed by atoms with Crippen molar-refractivity contribution in [2.75, 3.05) is 25.8 Å².